The van der Waals surface area contributed by atoms with Crippen LogP contribution in [0.15, 0.2) is 24.3 Å². The molecular formula is C20H26N4O2S. The van der Waals surface area contributed by atoms with Gasteiger partial charge in [-0.25, -0.2) is 4.98 Å². The zero-order valence-corrected chi connectivity index (χ0v) is 16.3. The molecule has 2 N–H and O–H groups in total. The number of hydrogen-bond acceptors (Lipinski definition) is 5. The zero-order valence-electron chi connectivity index (χ0n) is 15.5. The number of fused-ring (bicyclic) bond motifs is 1. The summed E-state index contributed by atoms with van der Waals surface area (Å²) in [6, 6.07) is 8.21. The van der Waals surface area contributed by atoms with Gasteiger partial charge in [0.15, 0.2) is 0 Å². The summed E-state index contributed by atoms with van der Waals surface area (Å²) in [7, 11) is 0. The first kappa shape index (κ1) is 18.4. The molecule has 2 amide bonds. The van der Waals surface area contributed by atoms with E-state index in [1.165, 1.54) is 4.70 Å². The van der Waals surface area contributed by atoms with E-state index < -0.39 is 0 Å². The van der Waals surface area contributed by atoms with Gasteiger partial charge in [0, 0.05) is 25.6 Å². The molecule has 3 heterocycles. The highest BCUT2D eigenvalue weighted by molar-refractivity contribution is 7.18. The Hall–Kier alpha value is -1.99. The molecule has 1 aromatic heterocycles. The molecule has 2 aromatic rings. The van der Waals surface area contributed by atoms with Crippen molar-refractivity contribution < 1.29 is 9.59 Å². The maximum Gasteiger partial charge on any atom is 0.236 e. The number of para-hydroxylation sites is 1. The monoisotopic (exact) mass is 386 g/mol. The van der Waals surface area contributed by atoms with Crippen LogP contribution in [0.2, 0.25) is 0 Å². The summed E-state index contributed by atoms with van der Waals surface area (Å²) in [5, 5.41) is 1.14. The molecule has 27 heavy (non-hydrogen) atoms. The second-order valence-electron chi connectivity index (χ2n) is 7.68. The van der Waals surface area contributed by atoms with E-state index in [2.05, 4.69) is 11.0 Å². The van der Waals surface area contributed by atoms with Crippen molar-refractivity contribution >= 4 is 33.4 Å². The van der Waals surface area contributed by atoms with Crippen LogP contribution in [0.3, 0.4) is 0 Å². The lowest BCUT2D eigenvalue weighted by atomic mass is 9.97. The number of carbonyl (C=O) groups excluding carboxylic acids is 2. The highest BCUT2D eigenvalue weighted by atomic mass is 32.1. The van der Waals surface area contributed by atoms with E-state index in [0.717, 1.165) is 55.8 Å². The van der Waals surface area contributed by atoms with Crippen molar-refractivity contribution in [3.63, 3.8) is 0 Å². The van der Waals surface area contributed by atoms with Crippen LogP contribution in [-0.4, -0.2) is 59.3 Å². The van der Waals surface area contributed by atoms with Crippen LogP contribution < -0.4 is 5.73 Å². The minimum absolute atomic E-state index is 0.122. The Morgan fingerprint density at radius 3 is 2.78 bits per heavy atom. The number of hydrogen-bond donors (Lipinski definition) is 1. The maximum atomic E-state index is 12.8. The van der Waals surface area contributed by atoms with Gasteiger partial charge in [-0.3, -0.25) is 14.5 Å². The summed E-state index contributed by atoms with van der Waals surface area (Å²) in [6.07, 6.45) is 3.85. The molecule has 2 aliphatic heterocycles. The van der Waals surface area contributed by atoms with Gasteiger partial charge in [0.25, 0.3) is 0 Å². The average molecular weight is 387 g/mol. The quantitative estimate of drug-likeness (QED) is 0.874. The van der Waals surface area contributed by atoms with Crippen LogP contribution in [0.25, 0.3) is 10.2 Å². The van der Waals surface area contributed by atoms with Gasteiger partial charge in [0.2, 0.25) is 11.8 Å². The van der Waals surface area contributed by atoms with Gasteiger partial charge in [-0.2, -0.15) is 0 Å². The van der Waals surface area contributed by atoms with E-state index in [4.69, 9.17) is 10.7 Å². The summed E-state index contributed by atoms with van der Waals surface area (Å²) in [4.78, 5) is 33.2. The van der Waals surface area contributed by atoms with Gasteiger partial charge >= 0.3 is 0 Å². The maximum absolute atomic E-state index is 12.8. The van der Waals surface area contributed by atoms with Gasteiger partial charge in [-0.05, 0) is 44.4 Å². The Labute approximate surface area is 163 Å². The molecule has 0 bridgehead atoms. The number of likely N-dealkylation sites (tertiary alicyclic amines) is 2. The number of carbonyl (C=O) groups is 2. The molecule has 0 unspecified atom stereocenters. The predicted octanol–water partition coefficient (Wildman–Crippen LogP) is 2.20. The van der Waals surface area contributed by atoms with Crippen LogP contribution >= 0.6 is 11.3 Å². The van der Waals surface area contributed by atoms with Crippen molar-refractivity contribution in [1.82, 2.24) is 14.8 Å². The van der Waals surface area contributed by atoms with E-state index in [1.807, 2.05) is 23.1 Å². The van der Waals surface area contributed by atoms with Crippen LogP contribution in [0.1, 0.15) is 36.6 Å². The van der Waals surface area contributed by atoms with E-state index in [9.17, 15) is 9.59 Å². The molecule has 0 saturated carbocycles. The molecule has 144 valence electrons. The first-order valence-corrected chi connectivity index (χ1v) is 10.6. The normalized spacial score (nSPS) is 24.2. The van der Waals surface area contributed by atoms with E-state index in [1.54, 1.807) is 11.3 Å². The lowest BCUT2D eigenvalue weighted by molar-refractivity contribution is -0.135. The smallest absolute Gasteiger partial charge is 0.236 e. The predicted molar refractivity (Wildman–Crippen MR) is 107 cm³/mol. The summed E-state index contributed by atoms with van der Waals surface area (Å²) in [5.41, 5.74) is 6.50. The third kappa shape index (κ3) is 4.14. The van der Waals surface area contributed by atoms with Crippen LogP contribution in [0.4, 0.5) is 0 Å². The number of primary amides is 1. The number of amides is 2. The number of nitrogens with two attached hydrogens (primary N) is 1. The van der Waals surface area contributed by atoms with Gasteiger partial charge in [-0.1, -0.05) is 12.1 Å². The molecule has 1 aromatic carbocycles. The first-order valence-electron chi connectivity index (χ1n) is 9.75. The highest BCUT2D eigenvalue weighted by Crippen LogP contribution is 2.33. The Kier molecular flexibility index (Phi) is 5.41. The van der Waals surface area contributed by atoms with Crippen LogP contribution in [-0.2, 0) is 9.59 Å². The van der Waals surface area contributed by atoms with E-state index in [0.29, 0.717) is 19.0 Å². The second kappa shape index (κ2) is 7.94. The SMILES string of the molecule is NC(=O)[C@H]1CCCN(CC(=O)N2CCC[C@H](c3nc4ccccc4s3)C2)C1. The van der Waals surface area contributed by atoms with Crippen molar-refractivity contribution in [2.45, 2.75) is 31.6 Å². The average Bonchev–Trinajstić information content (AvgIpc) is 3.12. The van der Waals surface area contributed by atoms with Crippen LogP contribution in [0.5, 0.6) is 0 Å². The fourth-order valence-corrected chi connectivity index (χ4v) is 5.29. The lowest BCUT2D eigenvalue weighted by Crippen LogP contribution is -2.48. The van der Waals surface area contributed by atoms with E-state index in [-0.39, 0.29) is 17.7 Å². The number of benzene rings is 1. The summed E-state index contributed by atoms with van der Waals surface area (Å²) < 4.78 is 1.21. The molecule has 0 spiro atoms. The Morgan fingerprint density at radius 1 is 1.15 bits per heavy atom. The molecule has 2 saturated heterocycles. The molecule has 0 radical (unpaired) electrons. The fourth-order valence-electron chi connectivity index (χ4n) is 4.19. The van der Waals surface area contributed by atoms with Gasteiger partial charge < -0.3 is 10.6 Å². The molecule has 0 aliphatic carbocycles. The number of aromatic nitrogens is 1. The Bertz CT molecular complexity index is 803. The fraction of sp³-hybridized carbons (Fsp3) is 0.550. The van der Waals surface area contributed by atoms with Crippen molar-refractivity contribution in [2.75, 3.05) is 32.7 Å². The number of rotatable bonds is 4. The number of piperidine rings is 2. The summed E-state index contributed by atoms with van der Waals surface area (Å²) in [6.45, 7) is 3.41. The topological polar surface area (TPSA) is 79.5 Å². The Balaban J connectivity index is 1.38. The van der Waals surface area contributed by atoms with Gasteiger partial charge in [0.05, 0.1) is 27.7 Å². The lowest BCUT2D eigenvalue weighted by Gasteiger charge is -2.35. The summed E-state index contributed by atoms with van der Waals surface area (Å²) in [5.74, 6) is 0.107. The zero-order chi connectivity index (χ0) is 18.8. The molecule has 2 fully saturated rings. The second-order valence-corrected chi connectivity index (χ2v) is 8.74. The first-order chi connectivity index (χ1) is 13.1. The van der Waals surface area contributed by atoms with Crippen molar-refractivity contribution in [2.24, 2.45) is 11.7 Å². The minimum atomic E-state index is -0.249. The third-order valence-electron chi connectivity index (χ3n) is 5.70. The molecule has 4 rings (SSSR count). The standard InChI is InChI=1S/C20H26N4O2S/c21-19(26)14-5-3-9-23(11-14)13-18(25)24-10-4-6-15(12-24)20-22-16-7-1-2-8-17(16)27-20/h1-2,7-8,14-15H,3-6,9-13H2,(H2,21,26)/t14-,15-/m0/s1. The van der Waals surface area contributed by atoms with Crippen molar-refractivity contribution in [3.05, 3.63) is 29.3 Å². The molecule has 7 heteroatoms. The van der Waals surface area contributed by atoms with Crippen LogP contribution in [0, 0.1) is 5.92 Å². The van der Waals surface area contributed by atoms with Gasteiger partial charge in [0.1, 0.15) is 0 Å². The molecule has 2 aliphatic rings. The third-order valence-corrected chi connectivity index (χ3v) is 6.90. The molecule has 6 nitrogen and oxygen atoms in total. The van der Waals surface area contributed by atoms with Gasteiger partial charge in [-0.15, -0.1) is 11.3 Å². The van der Waals surface area contributed by atoms with E-state index >= 15 is 0 Å². The Morgan fingerprint density at radius 2 is 1.96 bits per heavy atom. The van der Waals surface area contributed by atoms with Crippen molar-refractivity contribution in [3.8, 4) is 0 Å². The summed E-state index contributed by atoms with van der Waals surface area (Å²) >= 11 is 1.75. The minimum Gasteiger partial charge on any atom is -0.369 e. The number of thiazole rings is 1. The highest BCUT2D eigenvalue weighted by Gasteiger charge is 2.30. The van der Waals surface area contributed by atoms with Crippen molar-refractivity contribution in [1.29, 1.82) is 0 Å². The largest absolute Gasteiger partial charge is 0.369 e. The molecule has 2 atom stereocenters. The molecular weight excluding hydrogens is 360 g/mol. The number of nitrogens with zero attached hydrogens (tertiary/aromatic N) is 3.